The molecule has 0 saturated heterocycles. The van der Waals surface area contributed by atoms with Crippen LogP contribution in [0, 0.1) is 12.7 Å². The van der Waals surface area contributed by atoms with E-state index in [1.165, 1.54) is 18.2 Å². The number of rotatable bonds is 5. The maximum Gasteiger partial charge on any atom is 0.261 e. The number of amides is 1. The Bertz CT molecular complexity index is 1260. The predicted molar refractivity (Wildman–Crippen MR) is 116 cm³/mol. The van der Waals surface area contributed by atoms with Crippen molar-refractivity contribution in [3.63, 3.8) is 0 Å². The minimum Gasteiger partial charge on any atom is -0.360 e. The third-order valence-electron chi connectivity index (χ3n) is 4.71. The lowest BCUT2D eigenvalue weighted by molar-refractivity contribution is 0.102. The fourth-order valence-corrected chi connectivity index (χ4v) is 3.47. The molecule has 0 aliphatic heterocycles. The van der Waals surface area contributed by atoms with E-state index in [1.54, 1.807) is 55.5 Å². The van der Waals surface area contributed by atoms with Crippen LogP contribution in [-0.4, -0.2) is 16.8 Å². The molecule has 0 saturated carbocycles. The van der Waals surface area contributed by atoms with Crippen molar-refractivity contribution in [2.45, 2.75) is 6.92 Å². The van der Waals surface area contributed by atoms with E-state index in [0.29, 0.717) is 16.8 Å². The Hall–Kier alpha value is -3.77. The lowest BCUT2D eigenvalue weighted by atomic mass is 10.0. The smallest absolute Gasteiger partial charge is 0.261 e. The molecule has 0 spiro atoms. The van der Waals surface area contributed by atoms with Crippen LogP contribution in [0.15, 0.2) is 77.3 Å². The van der Waals surface area contributed by atoms with E-state index in [0.717, 1.165) is 0 Å². The molecule has 5 nitrogen and oxygen atoms in total. The molecule has 3 aromatic carbocycles. The van der Waals surface area contributed by atoms with Crippen molar-refractivity contribution < 1.29 is 18.5 Å². The van der Waals surface area contributed by atoms with Gasteiger partial charge in [-0.3, -0.25) is 9.59 Å². The molecule has 4 rings (SSSR count). The number of aryl methyl sites for hydroxylation is 1. The second-order valence-corrected chi connectivity index (χ2v) is 7.20. The third kappa shape index (κ3) is 4.11. The van der Waals surface area contributed by atoms with Crippen LogP contribution in [0.5, 0.6) is 0 Å². The van der Waals surface area contributed by atoms with E-state index in [4.69, 9.17) is 16.1 Å². The second-order valence-electron chi connectivity index (χ2n) is 6.79. The minimum atomic E-state index is -0.620. The van der Waals surface area contributed by atoms with Gasteiger partial charge in [0.2, 0.25) is 0 Å². The number of carbonyl (C=O) groups excluding carboxylic acids is 2. The highest BCUT2D eigenvalue weighted by atomic mass is 35.5. The summed E-state index contributed by atoms with van der Waals surface area (Å²) >= 11 is 6.13. The number of nitrogens with one attached hydrogen (secondary N) is 1. The number of halogens is 2. The number of ketones is 1. The van der Waals surface area contributed by atoms with Gasteiger partial charge in [-0.2, -0.15) is 0 Å². The fraction of sp³-hybridized carbons (Fsp3) is 0.0417. The van der Waals surface area contributed by atoms with Gasteiger partial charge in [-0.05, 0) is 31.2 Å². The van der Waals surface area contributed by atoms with Gasteiger partial charge in [-0.1, -0.05) is 65.3 Å². The minimum absolute atomic E-state index is 0.00890. The van der Waals surface area contributed by atoms with Crippen LogP contribution in [0.25, 0.3) is 11.3 Å². The van der Waals surface area contributed by atoms with E-state index in [2.05, 4.69) is 10.5 Å². The molecule has 4 aromatic rings. The van der Waals surface area contributed by atoms with Gasteiger partial charge in [0.15, 0.2) is 5.78 Å². The Labute approximate surface area is 182 Å². The topological polar surface area (TPSA) is 72.2 Å². The van der Waals surface area contributed by atoms with Gasteiger partial charge in [-0.15, -0.1) is 0 Å². The number of carbonyl (C=O) groups is 2. The van der Waals surface area contributed by atoms with Crippen molar-refractivity contribution in [3.05, 3.63) is 106 Å². The highest BCUT2D eigenvalue weighted by Crippen LogP contribution is 2.33. The van der Waals surface area contributed by atoms with Crippen molar-refractivity contribution in [3.8, 4) is 11.3 Å². The molecule has 154 valence electrons. The summed E-state index contributed by atoms with van der Waals surface area (Å²) in [5.41, 5.74) is 1.42. The number of aromatic nitrogens is 1. The number of nitrogens with zero attached hydrogens (tertiary/aromatic N) is 1. The SMILES string of the molecule is Cc1onc(-c2c(F)cccc2Cl)c1C(=O)Nc1cccc(C(=O)c2ccccc2)c1. The summed E-state index contributed by atoms with van der Waals surface area (Å²) in [6.45, 7) is 1.55. The van der Waals surface area contributed by atoms with Crippen LogP contribution in [0.1, 0.15) is 32.0 Å². The molecule has 1 N–H and O–H groups in total. The summed E-state index contributed by atoms with van der Waals surface area (Å²) < 4.78 is 19.5. The average molecular weight is 435 g/mol. The van der Waals surface area contributed by atoms with Gasteiger partial charge >= 0.3 is 0 Å². The molecule has 0 atom stereocenters. The first kappa shape index (κ1) is 20.5. The Kier molecular flexibility index (Phi) is 5.64. The van der Waals surface area contributed by atoms with E-state index in [-0.39, 0.29) is 33.4 Å². The lowest BCUT2D eigenvalue weighted by Crippen LogP contribution is -2.14. The number of anilines is 1. The van der Waals surface area contributed by atoms with Gasteiger partial charge in [0, 0.05) is 16.8 Å². The molecule has 0 radical (unpaired) electrons. The van der Waals surface area contributed by atoms with E-state index in [1.807, 2.05) is 6.07 Å². The summed E-state index contributed by atoms with van der Waals surface area (Å²) in [6, 6.07) is 19.6. The van der Waals surface area contributed by atoms with Crippen molar-refractivity contribution in [1.29, 1.82) is 0 Å². The standard InChI is InChI=1S/C24H16ClFN2O3/c1-14-20(22(28-31-14)21-18(25)11-6-12-19(21)26)24(30)27-17-10-5-9-16(13-17)23(29)15-7-3-2-4-8-15/h2-13H,1H3,(H,27,30). The summed E-state index contributed by atoms with van der Waals surface area (Å²) in [5.74, 6) is -1.14. The highest BCUT2D eigenvalue weighted by molar-refractivity contribution is 6.33. The molecule has 1 amide bonds. The fourth-order valence-electron chi connectivity index (χ4n) is 3.22. The lowest BCUT2D eigenvalue weighted by Gasteiger charge is -2.09. The van der Waals surface area contributed by atoms with E-state index < -0.39 is 11.7 Å². The van der Waals surface area contributed by atoms with Gasteiger partial charge in [0.05, 0.1) is 10.6 Å². The normalized spacial score (nSPS) is 10.7. The Balaban J connectivity index is 1.65. The Morgan fingerprint density at radius 2 is 1.68 bits per heavy atom. The zero-order chi connectivity index (χ0) is 22.0. The molecular formula is C24H16ClFN2O3. The number of hydrogen-bond donors (Lipinski definition) is 1. The summed E-state index contributed by atoms with van der Waals surface area (Å²) in [5, 5.41) is 6.67. The predicted octanol–water partition coefficient (Wildman–Crippen LogP) is 5.93. The first-order valence-corrected chi connectivity index (χ1v) is 9.75. The second kappa shape index (κ2) is 8.53. The van der Waals surface area contributed by atoms with Gasteiger partial charge in [0.25, 0.3) is 5.91 Å². The molecule has 0 bridgehead atoms. The van der Waals surface area contributed by atoms with Gasteiger partial charge in [-0.25, -0.2) is 4.39 Å². The third-order valence-corrected chi connectivity index (χ3v) is 5.02. The van der Waals surface area contributed by atoms with Crippen LogP contribution in [0.4, 0.5) is 10.1 Å². The molecule has 31 heavy (non-hydrogen) atoms. The number of hydrogen-bond acceptors (Lipinski definition) is 4. The highest BCUT2D eigenvalue weighted by Gasteiger charge is 2.25. The Morgan fingerprint density at radius 1 is 0.968 bits per heavy atom. The maximum absolute atomic E-state index is 14.4. The molecule has 1 aromatic heterocycles. The number of benzene rings is 3. The molecule has 1 heterocycles. The molecular weight excluding hydrogens is 419 g/mol. The van der Waals surface area contributed by atoms with E-state index in [9.17, 15) is 14.0 Å². The van der Waals surface area contributed by atoms with Crippen molar-refractivity contribution >= 4 is 29.0 Å². The first-order valence-electron chi connectivity index (χ1n) is 9.37. The quantitative estimate of drug-likeness (QED) is 0.395. The van der Waals surface area contributed by atoms with Crippen molar-refractivity contribution in [2.24, 2.45) is 0 Å². The van der Waals surface area contributed by atoms with Crippen LogP contribution >= 0.6 is 11.6 Å². The zero-order valence-electron chi connectivity index (χ0n) is 16.4. The molecule has 0 aliphatic carbocycles. The first-order chi connectivity index (χ1) is 15.0. The summed E-state index contributed by atoms with van der Waals surface area (Å²) in [7, 11) is 0. The van der Waals surface area contributed by atoms with Crippen LogP contribution in [0.2, 0.25) is 5.02 Å². The zero-order valence-corrected chi connectivity index (χ0v) is 17.1. The maximum atomic E-state index is 14.4. The average Bonchev–Trinajstić information content (AvgIpc) is 3.15. The molecule has 0 unspecified atom stereocenters. The molecule has 0 aliphatic rings. The van der Waals surface area contributed by atoms with Crippen LogP contribution < -0.4 is 5.32 Å². The van der Waals surface area contributed by atoms with Crippen molar-refractivity contribution in [1.82, 2.24) is 5.16 Å². The van der Waals surface area contributed by atoms with E-state index >= 15 is 0 Å². The van der Waals surface area contributed by atoms with Crippen molar-refractivity contribution in [2.75, 3.05) is 5.32 Å². The Morgan fingerprint density at radius 3 is 2.42 bits per heavy atom. The molecule has 0 fully saturated rings. The van der Waals surface area contributed by atoms with Crippen LogP contribution in [-0.2, 0) is 0 Å². The van der Waals surface area contributed by atoms with Gasteiger partial charge < -0.3 is 9.84 Å². The van der Waals surface area contributed by atoms with Gasteiger partial charge in [0.1, 0.15) is 22.8 Å². The summed E-state index contributed by atoms with van der Waals surface area (Å²) in [6.07, 6.45) is 0. The summed E-state index contributed by atoms with van der Waals surface area (Å²) in [4.78, 5) is 25.7. The van der Waals surface area contributed by atoms with Crippen LogP contribution in [0.3, 0.4) is 0 Å². The molecule has 7 heteroatoms. The largest absolute Gasteiger partial charge is 0.360 e. The monoisotopic (exact) mass is 434 g/mol.